The first-order chi connectivity index (χ1) is 10.2. The van der Waals surface area contributed by atoms with Crippen molar-refractivity contribution in [2.45, 2.75) is 6.04 Å². The van der Waals surface area contributed by atoms with Crippen LogP contribution in [-0.2, 0) is 0 Å². The van der Waals surface area contributed by atoms with E-state index in [1.54, 1.807) is 33.7 Å². The Labute approximate surface area is 123 Å². The molecular formula is C15H19N3O3. The Kier molecular flexibility index (Phi) is 4.97. The molecule has 6 nitrogen and oxygen atoms in total. The molecule has 1 aromatic carbocycles. The molecule has 0 radical (unpaired) electrons. The first-order valence-corrected chi connectivity index (χ1v) is 6.41. The van der Waals surface area contributed by atoms with Gasteiger partial charge in [0.1, 0.15) is 0 Å². The maximum absolute atomic E-state index is 5.70. The zero-order chi connectivity index (χ0) is 15.2. The lowest BCUT2D eigenvalue weighted by Crippen LogP contribution is -2.29. The van der Waals surface area contributed by atoms with Crippen LogP contribution in [-0.4, -0.2) is 26.3 Å². The van der Waals surface area contributed by atoms with E-state index < -0.39 is 0 Å². The lowest BCUT2D eigenvalue weighted by Gasteiger charge is -2.20. The highest BCUT2D eigenvalue weighted by Gasteiger charge is 2.19. The van der Waals surface area contributed by atoms with Crippen LogP contribution in [0.4, 0.5) is 0 Å². The summed E-state index contributed by atoms with van der Waals surface area (Å²) in [5.41, 5.74) is 4.61. The number of rotatable bonds is 6. The number of nitrogens with zero attached hydrogens (tertiary/aromatic N) is 1. The molecule has 1 atom stereocenters. The molecule has 0 aliphatic rings. The summed E-state index contributed by atoms with van der Waals surface area (Å²) in [6, 6.07) is 7.29. The number of nitrogens with one attached hydrogen (secondary N) is 1. The van der Waals surface area contributed by atoms with Crippen LogP contribution in [0.5, 0.6) is 17.2 Å². The van der Waals surface area contributed by atoms with Crippen molar-refractivity contribution in [1.82, 2.24) is 10.4 Å². The smallest absolute Gasteiger partial charge is 0.203 e. The van der Waals surface area contributed by atoms with Gasteiger partial charge in [0.15, 0.2) is 11.5 Å². The van der Waals surface area contributed by atoms with Crippen LogP contribution in [0.25, 0.3) is 0 Å². The topological polar surface area (TPSA) is 78.6 Å². The highest BCUT2D eigenvalue weighted by Crippen LogP contribution is 2.40. The second-order valence-corrected chi connectivity index (χ2v) is 4.34. The van der Waals surface area contributed by atoms with Crippen LogP contribution in [0.2, 0.25) is 0 Å². The summed E-state index contributed by atoms with van der Waals surface area (Å²) in [7, 11) is 4.73. The average Bonchev–Trinajstić information content (AvgIpc) is 2.55. The van der Waals surface area contributed by atoms with E-state index in [9.17, 15) is 0 Å². The fraction of sp³-hybridized carbons (Fsp3) is 0.267. The summed E-state index contributed by atoms with van der Waals surface area (Å²) < 4.78 is 16.0. The number of hydrogen-bond donors (Lipinski definition) is 2. The number of ether oxygens (including phenoxy) is 3. The zero-order valence-electron chi connectivity index (χ0n) is 12.3. The number of hydrogen-bond acceptors (Lipinski definition) is 6. The molecule has 112 valence electrons. The van der Waals surface area contributed by atoms with Crippen molar-refractivity contribution >= 4 is 0 Å². The molecule has 0 aliphatic carbocycles. The SMILES string of the molecule is COc1cc(C(NN)c2cccnc2)cc(OC)c1OC. The summed E-state index contributed by atoms with van der Waals surface area (Å²) in [6.07, 6.45) is 3.47. The maximum atomic E-state index is 5.70. The van der Waals surface area contributed by atoms with E-state index >= 15 is 0 Å². The fourth-order valence-electron chi connectivity index (χ4n) is 2.20. The van der Waals surface area contributed by atoms with Crippen LogP contribution < -0.4 is 25.5 Å². The molecular weight excluding hydrogens is 270 g/mol. The van der Waals surface area contributed by atoms with E-state index in [1.165, 1.54) is 0 Å². The number of hydrazine groups is 1. The summed E-state index contributed by atoms with van der Waals surface area (Å²) in [5.74, 6) is 7.41. The molecule has 0 saturated carbocycles. The van der Waals surface area contributed by atoms with Gasteiger partial charge in [-0.1, -0.05) is 6.07 Å². The molecule has 1 heterocycles. The van der Waals surface area contributed by atoms with Crippen molar-refractivity contribution in [2.24, 2.45) is 5.84 Å². The largest absolute Gasteiger partial charge is 0.493 e. The molecule has 1 unspecified atom stereocenters. The van der Waals surface area contributed by atoms with E-state index in [1.807, 2.05) is 24.3 Å². The Bertz CT molecular complexity index is 565. The lowest BCUT2D eigenvalue weighted by molar-refractivity contribution is 0.323. The fourth-order valence-corrected chi connectivity index (χ4v) is 2.20. The van der Waals surface area contributed by atoms with Gasteiger partial charge in [-0.15, -0.1) is 0 Å². The lowest BCUT2D eigenvalue weighted by atomic mass is 10.00. The van der Waals surface area contributed by atoms with Gasteiger partial charge in [-0.2, -0.15) is 0 Å². The van der Waals surface area contributed by atoms with Crippen molar-refractivity contribution in [2.75, 3.05) is 21.3 Å². The summed E-state index contributed by atoms with van der Waals surface area (Å²) in [5, 5.41) is 0. The Morgan fingerprint density at radius 1 is 1.05 bits per heavy atom. The summed E-state index contributed by atoms with van der Waals surface area (Å²) >= 11 is 0. The van der Waals surface area contributed by atoms with Crippen molar-refractivity contribution in [3.8, 4) is 17.2 Å². The average molecular weight is 289 g/mol. The van der Waals surface area contributed by atoms with Crippen LogP contribution in [0, 0.1) is 0 Å². The third-order valence-corrected chi connectivity index (χ3v) is 3.20. The van der Waals surface area contributed by atoms with E-state index in [-0.39, 0.29) is 6.04 Å². The maximum Gasteiger partial charge on any atom is 0.203 e. The van der Waals surface area contributed by atoms with Crippen molar-refractivity contribution < 1.29 is 14.2 Å². The minimum Gasteiger partial charge on any atom is -0.493 e. The molecule has 0 amide bonds. The van der Waals surface area contributed by atoms with Gasteiger partial charge in [-0.25, -0.2) is 5.43 Å². The molecule has 0 fully saturated rings. The number of pyridine rings is 1. The minimum absolute atomic E-state index is 0.229. The first-order valence-electron chi connectivity index (χ1n) is 6.41. The van der Waals surface area contributed by atoms with E-state index in [0.717, 1.165) is 11.1 Å². The third-order valence-electron chi connectivity index (χ3n) is 3.20. The quantitative estimate of drug-likeness (QED) is 0.622. The predicted octanol–water partition coefficient (Wildman–Crippen LogP) is 1.66. The number of aromatic nitrogens is 1. The van der Waals surface area contributed by atoms with Gasteiger partial charge >= 0.3 is 0 Å². The number of benzene rings is 1. The van der Waals surface area contributed by atoms with Crippen LogP contribution in [0.3, 0.4) is 0 Å². The molecule has 21 heavy (non-hydrogen) atoms. The monoisotopic (exact) mass is 289 g/mol. The van der Waals surface area contributed by atoms with Gasteiger partial charge in [0.05, 0.1) is 27.4 Å². The number of methoxy groups -OCH3 is 3. The molecule has 3 N–H and O–H groups in total. The molecule has 0 bridgehead atoms. The Balaban J connectivity index is 2.52. The zero-order valence-corrected chi connectivity index (χ0v) is 12.3. The molecule has 0 saturated heterocycles. The Morgan fingerprint density at radius 2 is 1.71 bits per heavy atom. The van der Waals surface area contributed by atoms with Gasteiger partial charge < -0.3 is 14.2 Å². The normalized spacial score (nSPS) is 11.8. The van der Waals surface area contributed by atoms with E-state index in [4.69, 9.17) is 20.1 Å². The molecule has 2 rings (SSSR count). The second-order valence-electron chi connectivity index (χ2n) is 4.34. The van der Waals surface area contributed by atoms with Crippen molar-refractivity contribution in [1.29, 1.82) is 0 Å². The summed E-state index contributed by atoms with van der Waals surface area (Å²) in [4.78, 5) is 4.12. The molecule has 0 spiro atoms. The van der Waals surface area contributed by atoms with Crippen LogP contribution in [0.15, 0.2) is 36.7 Å². The van der Waals surface area contributed by atoms with Crippen LogP contribution >= 0.6 is 0 Å². The van der Waals surface area contributed by atoms with Gasteiger partial charge in [0.25, 0.3) is 0 Å². The highest BCUT2D eigenvalue weighted by atomic mass is 16.5. The third kappa shape index (κ3) is 3.07. The molecule has 1 aromatic heterocycles. The summed E-state index contributed by atoms with van der Waals surface area (Å²) in [6.45, 7) is 0. The molecule has 6 heteroatoms. The Hall–Kier alpha value is -2.31. The van der Waals surface area contributed by atoms with Crippen LogP contribution in [0.1, 0.15) is 17.2 Å². The van der Waals surface area contributed by atoms with Gasteiger partial charge in [0.2, 0.25) is 5.75 Å². The van der Waals surface area contributed by atoms with Gasteiger partial charge in [0, 0.05) is 12.4 Å². The second kappa shape index (κ2) is 6.92. The van der Waals surface area contributed by atoms with Gasteiger partial charge in [-0.3, -0.25) is 10.8 Å². The molecule has 2 aromatic rings. The standard InChI is InChI=1S/C15H19N3O3/c1-19-12-7-11(8-13(20-2)15(12)21-3)14(18-16)10-5-4-6-17-9-10/h4-9,14,18H,16H2,1-3H3. The number of nitrogens with two attached hydrogens (primary N) is 1. The van der Waals surface area contributed by atoms with Gasteiger partial charge in [-0.05, 0) is 29.3 Å². The molecule has 0 aliphatic heterocycles. The van der Waals surface area contributed by atoms with E-state index in [0.29, 0.717) is 17.2 Å². The van der Waals surface area contributed by atoms with Crippen molar-refractivity contribution in [3.05, 3.63) is 47.8 Å². The van der Waals surface area contributed by atoms with Crippen molar-refractivity contribution in [3.63, 3.8) is 0 Å². The Morgan fingerprint density at radius 3 is 2.14 bits per heavy atom. The predicted molar refractivity (Wildman–Crippen MR) is 79.5 cm³/mol. The first kappa shape index (κ1) is 15.1. The highest BCUT2D eigenvalue weighted by molar-refractivity contribution is 5.55. The van der Waals surface area contributed by atoms with E-state index in [2.05, 4.69) is 10.4 Å². The minimum atomic E-state index is -0.229.